The SMILES string of the molecule is CNc1snnc1CN(C)Cc1ccccc1OC. The van der Waals surface area contributed by atoms with E-state index in [4.69, 9.17) is 4.74 Å². The van der Waals surface area contributed by atoms with Crippen LogP contribution in [0.3, 0.4) is 0 Å². The lowest BCUT2D eigenvalue weighted by atomic mass is 10.2. The van der Waals surface area contributed by atoms with Crippen molar-refractivity contribution in [3.63, 3.8) is 0 Å². The van der Waals surface area contributed by atoms with E-state index < -0.39 is 0 Å². The van der Waals surface area contributed by atoms with E-state index in [1.165, 1.54) is 17.1 Å². The Morgan fingerprint density at radius 2 is 2.11 bits per heavy atom. The van der Waals surface area contributed by atoms with Gasteiger partial charge in [-0.2, -0.15) is 0 Å². The third kappa shape index (κ3) is 3.42. The summed E-state index contributed by atoms with van der Waals surface area (Å²) in [6.07, 6.45) is 0. The van der Waals surface area contributed by atoms with Crippen molar-refractivity contribution in [3.05, 3.63) is 35.5 Å². The van der Waals surface area contributed by atoms with Crippen LogP contribution in [-0.2, 0) is 13.1 Å². The van der Waals surface area contributed by atoms with Gasteiger partial charge in [0.05, 0.1) is 7.11 Å². The van der Waals surface area contributed by atoms with Crippen LogP contribution in [0.1, 0.15) is 11.3 Å². The van der Waals surface area contributed by atoms with Gasteiger partial charge in [-0.05, 0) is 13.1 Å². The number of para-hydroxylation sites is 1. The lowest BCUT2D eigenvalue weighted by Crippen LogP contribution is -2.18. The molecule has 1 aromatic carbocycles. The molecule has 6 heteroatoms. The van der Waals surface area contributed by atoms with Crippen LogP contribution < -0.4 is 10.1 Å². The molecule has 0 fully saturated rings. The molecule has 0 bridgehead atoms. The minimum absolute atomic E-state index is 0.755. The molecule has 5 nitrogen and oxygen atoms in total. The summed E-state index contributed by atoms with van der Waals surface area (Å²) in [5, 5.41) is 8.27. The number of rotatable bonds is 6. The van der Waals surface area contributed by atoms with Gasteiger partial charge in [0.2, 0.25) is 0 Å². The van der Waals surface area contributed by atoms with E-state index in [0.717, 1.165) is 29.5 Å². The highest BCUT2D eigenvalue weighted by atomic mass is 32.1. The molecule has 0 radical (unpaired) electrons. The fourth-order valence-electron chi connectivity index (χ4n) is 1.94. The first-order chi connectivity index (χ1) is 9.24. The average molecular weight is 278 g/mol. The van der Waals surface area contributed by atoms with Gasteiger partial charge in [0.25, 0.3) is 0 Å². The molecule has 0 aliphatic heterocycles. The number of hydrogen-bond donors (Lipinski definition) is 1. The van der Waals surface area contributed by atoms with E-state index in [-0.39, 0.29) is 0 Å². The topological polar surface area (TPSA) is 50.3 Å². The fourth-order valence-corrected chi connectivity index (χ4v) is 2.46. The van der Waals surface area contributed by atoms with Gasteiger partial charge in [-0.15, -0.1) is 5.10 Å². The number of anilines is 1. The Balaban J connectivity index is 2.03. The van der Waals surface area contributed by atoms with Crippen molar-refractivity contribution in [1.29, 1.82) is 0 Å². The summed E-state index contributed by atoms with van der Waals surface area (Å²) in [5.41, 5.74) is 2.14. The van der Waals surface area contributed by atoms with Crippen molar-refractivity contribution in [2.75, 3.05) is 26.5 Å². The Morgan fingerprint density at radius 1 is 1.32 bits per heavy atom. The number of aromatic nitrogens is 2. The highest BCUT2D eigenvalue weighted by Gasteiger charge is 2.11. The van der Waals surface area contributed by atoms with Crippen LogP contribution in [0.4, 0.5) is 5.00 Å². The van der Waals surface area contributed by atoms with Gasteiger partial charge < -0.3 is 10.1 Å². The number of nitrogens with one attached hydrogen (secondary N) is 1. The van der Waals surface area contributed by atoms with E-state index in [1.54, 1.807) is 7.11 Å². The maximum atomic E-state index is 5.36. The van der Waals surface area contributed by atoms with E-state index in [9.17, 15) is 0 Å². The standard InChI is InChI=1S/C13H18N4OS/c1-14-13-11(15-16-19-13)9-17(2)8-10-6-4-5-7-12(10)18-3/h4-7,14H,8-9H2,1-3H3. The Hall–Kier alpha value is -1.66. The molecule has 0 spiro atoms. The molecule has 2 rings (SSSR count). The Kier molecular flexibility index (Phi) is 4.70. The number of methoxy groups -OCH3 is 1. The van der Waals surface area contributed by atoms with Crippen LogP contribution in [-0.4, -0.2) is 35.7 Å². The predicted octanol–water partition coefficient (Wildman–Crippen LogP) is 2.22. The molecule has 0 saturated carbocycles. The van der Waals surface area contributed by atoms with E-state index in [1.807, 2.05) is 25.2 Å². The molecule has 0 aliphatic carbocycles. The van der Waals surface area contributed by atoms with Crippen molar-refractivity contribution in [3.8, 4) is 5.75 Å². The highest BCUT2D eigenvalue weighted by Crippen LogP contribution is 2.21. The van der Waals surface area contributed by atoms with Crippen LogP contribution in [0.5, 0.6) is 5.75 Å². The molecule has 0 amide bonds. The van der Waals surface area contributed by atoms with Gasteiger partial charge in [0.15, 0.2) is 0 Å². The second-order valence-corrected chi connectivity index (χ2v) is 5.04. The van der Waals surface area contributed by atoms with Crippen molar-refractivity contribution in [1.82, 2.24) is 14.5 Å². The third-order valence-corrected chi connectivity index (χ3v) is 3.62. The monoisotopic (exact) mass is 278 g/mol. The summed E-state index contributed by atoms with van der Waals surface area (Å²) in [5.74, 6) is 0.916. The quantitative estimate of drug-likeness (QED) is 0.878. The normalized spacial score (nSPS) is 10.7. The first-order valence-electron chi connectivity index (χ1n) is 6.04. The molecule has 0 atom stereocenters. The molecule has 102 valence electrons. The lowest BCUT2D eigenvalue weighted by molar-refractivity contribution is 0.307. The highest BCUT2D eigenvalue weighted by molar-refractivity contribution is 7.10. The molecule has 0 aliphatic rings. The zero-order valence-corrected chi connectivity index (χ0v) is 12.2. The van der Waals surface area contributed by atoms with E-state index in [0.29, 0.717) is 0 Å². The van der Waals surface area contributed by atoms with Crippen LogP contribution in [0, 0.1) is 0 Å². The van der Waals surface area contributed by atoms with Gasteiger partial charge in [0, 0.05) is 37.2 Å². The van der Waals surface area contributed by atoms with E-state index in [2.05, 4.69) is 32.9 Å². The maximum absolute atomic E-state index is 5.36. The molecule has 1 heterocycles. The molecule has 0 unspecified atom stereocenters. The number of nitrogens with zero attached hydrogens (tertiary/aromatic N) is 3. The minimum atomic E-state index is 0.755. The van der Waals surface area contributed by atoms with Crippen LogP contribution in [0.2, 0.25) is 0 Å². The van der Waals surface area contributed by atoms with E-state index >= 15 is 0 Å². The zero-order chi connectivity index (χ0) is 13.7. The largest absolute Gasteiger partial charge is 0.496 e. The molecule has 19 heavy (non-hydrogen) atoms. The fraction of sp³-hybridized carbons (Fsp3) is 0.385. The first-order valence-corrected chi connectivity index (χ1v) is 6.81. The molecular formula is C13H18N4OS. The summed E-state index contributed by atoms with van der Waals surface area (Å²) in [6.45, 7) is 1.56. The third-order valence-electron chi connectivity index (χ3n) is 2.84. The van der Waals surface area contributed by atoms with Gasteiger partial charge in [-0.3, -0.25) is 4.90 Å². The maximum Gasteiger partial charge on any atom is 0.134 e. The summed E-state index contributed by atoms with van der Waals surface area (Å²) >= 11 is 1.38. The van der Waals surface area contributed by atoms with Gasteiger partial charge in [-0.1, -0.05) is 22.7 Å². The average Bonchev–Trinajstić information content (AvgIpc) is 2.86. The summed E-state index contributed by atoms with van der Waals surface area (Å²) in [7, 11) is 5.65. The predicted molar refractivity (Wildman–Crippen MR) is 77.6 cm³/mol. The number of benzene rings is 1. The summed E-state index contributed by atoms with van der Waals surface area (Å²) < 4.78 is 9.33. The van der Waals surface area contributed by atoms with Crippen molar-refractivity contribution >= 4 is 16.5 Å². The minimum Gasteiger partial charge on any atom is -0.496 e. The molecule has 0 saturated heterocycles. The van der Waals surface area contributed by atoms with Gasteiger partial charge in [0.1, 0.15) is 16.4 Å². The van der Waals surface area contributed by atoms with Crippen LogP contribution >= 0.6 is 11.5 Å². The zero-order valence-electron chi connectivity index (χ0n) is 11.4. The Bertz CT molecular complexity index is 529. The van der Waals surface area contributed by atoms with Gasteiger partial charge in [-0.25, -0.2) is 0 Å². The van der Waals surface area contributed by atoms with Crippen molar-refractivity contribution in [2.45, 2.75) is 13.1 Å². The Morgan fingerprint density at radius 3 is 2.84 bits per heavy atom. The number of ether oxygens (including phenoxy) is 1. The lowest BCUT2D eigenvalue weighted by Gasteiger charge is -2.17. The summed E-state index contributed by atoms with van der Waals surface area (Å²) in [6, 6.07) is 8.06. The van der Waals surface area contributed by atoms with Gasteiger partial charge >= 0.3 is 0 Å². The second-order valence-electron chi connectivity index (χ2n) is 4.28. The van der Waals surface area contributed by atoms with Crippen molar-refractivity contribution in [2.24, 2.45) is 0 Å². The molecule has 2 aromatic rings. The second kappa shape index (κ2) is 6.49. The van der Waals surface area contributed by atoms with Crippen LogP contribution in [0.25, 0.3) is 0 Å². The summed E-state index contributed by atoms with van der Waals surface area (Å²) in [4.78, 5) is 2.19. The smallest absolute Gasteiger partial charge is 0.134 e. The molecular weight excluding hydrogens is 260 g/mol. The van der Waals surface area contributed by atoms with Crippen molar-refractivity contribution < 1.29 is 4.74 Å². The Labute approximate surface area is 117 Å². The molecule has 1 N–H and O–H groups in total. The molecule has 1 aromatic heterocycles. The van der Waals surface area contributed by atoms with Crippen LogP contribution in [0.15, 0.2) is 24.3 Å². The first kappa shape index (κ1) is 13.8. The number of hydrogen-bond acceptors (Lipinski definition) is 6.